The zero-order chi connectivity index (χ0) is 13.8. The molecule has 4 nitrogen and oxygen atoms in total. The Balaban J connectivity index is 2.78. The number of rotatable bonds is 5. The van der Waals surface area contributed by atoms with Gasteiger partial charge in [-0.15, -0.1) is 0 Å². The monoisotopic (exact) mass is 262 g/mol. The van der Waals surface area contributed by atoms with Crippen LogP contribution in [0.5, 0.6) is 5.75 Å². The maximum absolute atomic E-state index is 12.5. The van der Waals surface area contributed by atoms with Crippen LogP contribution in [0.3, 0.4) is 0 Å². The number of amides is 1. The second-order valence-electron chi connectivity index (χ2n) is 3.61. The molecule has 100 valence electrons. The molecule has 1 aromatic carbocycles. The molecule has 0 saturated carbocycles. The number of nitrogens with two attached hydrogens (primary N) is 2. The van der Waals surface area contributed by atoms with Crippen LogP contribution in [-0.2, 0) is 0 Å². The van der Waals surface area contributed by atoms with E-state index in [1.54, 1.807) is 0 Å². The molecule has 0 aliphatic rings. The van der Waals surface area contributed by atoms with Gasteiger partial charge in [-0.1, -0.05) is 0 Å². The Kier molecular flexibility index (Phi) is 4.55. The molecule has 0 aromatic heterocycles. The van der Waals surface area contributed by atoms with Crippen molar-refractivity contribution in [1.29, 1.82) is 0 Å². The Morgan fingerprint density at radius 2 is 1.83 bits per heavy atom. The van der Waals surface area contributed by atoms with E-state index in [4.69, 9.17) is 16.2 Å². The highest BCUT2D eigenvalue weighted by atomic mass is 19.4. The summed E-state index contributed by atoms with van der Waals surface area (Å²) >= 11 is 0. The summed E-state index contributed by atoms with van der Waals surface area (Å²) in [5.74, 6) is -0.647. The average Bonchev–Trinajstić information content (AvgIpc) is 2.28. The fraction of sp³-hybridized carbons (Fsp3) is 0.364. The molecule has 0 fully saturated rings. The highest BCUT2D eigenvalue weighted by Crippen LogP contribution is 2.27. The number of hydrogen-bond donors (Lipinski definition) is 2. The van der Waals surface area contributed by atoms with Crippen LogP contribution in [0.1, 0.15) is 16.8 Å². The van der Waals surface area contributed by atoms with E-state index in [0.717, 1.165) is 0 Å². The van der Waals surface area contributed by atoms with Crippen molar-refractivity contribution in [2.75, 3.05) is 6.54 Å². The standard InChI is InChI=1S/C11H13F3N2O2/c12-11(13,14)9(5-6-15)18-8-3-1-7(2-4-8)10(16)17/h1-4,9H,5-6,15H2,(H2,16,17). The summed E-state index contributed by atoms with van der Waals surface area (Å²) in [4.78, 5) is 10.8. The number of primary amides is 1. The quantitative estimate of drug-likeness (QED) is 0.842. The van der Waals surface area contributed by atoms with E-state index in [1.165, 1.54) is 24.3 Å². The number of alkyl halides is 3. The number of benzene rings is 1. The van der Waals surface area contributed by atoms with Crippen LogP contribution in [0.2, 0.25) is 0 Å². The highest BCUT2D eigenvalue weighted by molar-refractivity contribution is 5.92. The minimum absolute atomic E-state index is 0.00998. The van der Waals surface area contributed by atoms with E-state index in [-0.39, 0.29) is 24.3 Å². The Bertz CT molecular complexity index is 404. The molecule has 7 heteroatoms. The molecule has 1 rings (SSSR count). The van der Waals surface area contributed by atoms with E-state index in [2.05, 4.69) is 0 Å². The third kappa shape index (κ3) is 3.92. The molecule has 1 amide bonds. The van der Waals surface area contributed by atoms with Gasteiger partial charge < -0.3 is 16.2 Å². The lowest BCUT2D eigenvalue weighted by Crippen LogP contribution is -2.36. The lowest BCUT2D eigenvalue weighted by atomic mass is 10.2. The van der Waals surface area contributed by atoms with Crippen molar-refractivity contribution in [2.24, 2.45) is 11.5 Å². The summed E-state index contributed by atoms with van der Waals surface area (Å²) in [6, 6.07) is 5.12. The van der Waals surface area contributed by atoms with Gasteiger partial charge in [0.05, 0.1) is 0 Å². The van der Waals surface area contributed by atoms with Gasteiger partial charge in [0.2, 0.25) is 5.91 Å². The van der Waals surface area contributed by atoms with Gasteiger partial charge in [0.1, 0.15) is 5.75 Å². The van der Waals surface area contributed by atoms with Gasteiger partial charge in [0.15, 0.2) is 6.10 Å². The molecule has 1 unspecified atom stereocenters. The summed E-state index contributed by atoms with van der Waals surface area (Å²) in [7, 11) is 0. The Morgan fingerprint density at radius 3 is 2.22 bits per heavy atom. The lowest BCUT2D eigenvalue weighted by Gasteiger charge is -2.21. The van der Waals surface area contributed by atoms with Crippen LogP contribution in [0.15, 0.2) is 24.3 Å². The largest absolute Gasteiger partial charge is 0.481 e. The molecule has 4 N–H and O–H groups in total. The van der Waals surface area contributed by atoms with Crippen LogP contribution in [0, 0.1) is 0 Å². The summed E-state index contributed by atoms with van der Waals surface area (Å²) < 4.78 is 42.4. The van der Waals surface area contributed by atoms with Crippen molar-refractivity contribution < 1.29 is 22.7 Å². The second kappa shape index (κ2) is 5.72. The van der Waals surface area contributed by atoms with Crippen LogP contribution in [0.4, 0.5) is 13.2 Å². The first kappa shape index (κ1) is 14.3. The lowest BCUT2D eigenvalue weighted by molar-refractivity contribution is -0.196. The molecular weight excluding hydrogens is 249 g/mol. The van der Waals surface area contributed by atoms with Crippen molar-refractivity contribution in [3.05, 3.63) is 29.8 Å². The smallest absolute Gasteiger partial charge is 0.425 e. The van der Waals surface area contributed by atoms with E-state index < -0.39 is 18.2 Å². The van der Waals surface area contributed by atoms with Crippen molar-refractivity contribution >= 4 is 5.91 Å². The topological polar surface area (TPSA) is 78.3 Å². The van der Waals surface area contributed by atoms with Crippen LogP contribution < -0.4 is 16.2 Å². The molecule has 0 bridgehead atoms. The highest BCUT2D eigenvalue weighted by Gasteiger charge is 2.41. The van der Waals surface area contributed by atoms with Gasteiger partial charge in [0, 0.05) is 12.0 Å². The third-order valence-electron chi connectivity index (χ3n) is 2.21. The third-order valence-corrected chi connectivity index (χ3v) is 2.21. The second-order valence-corrected chi connectivity index (χ2v) is 3.61. The molecule has 0 aliphatic heterocycles. The van der Waals surface area contributed by atoms with E-state index in [9.17, 15) is 18.0 Å². The van der Waals surface area contributed by atoms with E-state index in [1.807, 2.05) is 0 Å². The maximum atomic E-state index is 12.5. The summed E-state index contributed by atoms with van der Waals surface area (Å²) in [6.45, 7) is -0.135. The molecule has 18 heavy (non-hydrogen) atoms. The van der Waals surface area contributed by atoms with Gasteiger partial charge in [0.25, 0.3) is 0 Å². The van der Waals surface area contributed by atoms with Gasteiger partial charge in [-0.05, 0) is 30.8 Å². The minimum atomic E-state index is -4.48. The Morgan fingerprint density at radius 1 is 1.28 bits per heavy atom. The normalized spacial score (nSPS) is 13.1. The predicted molar refractivity (Wildman–Crippen MR) is 59.1 cm³/mol. The first-order chi connectivity index (χ1) is 8.34. The van der Waals surface area contributed by atoms with E-state index >= 15 is 0 Å². The van der Waals surface area contributed by atoms with E-state index in [0.29, 0.717) is 0 Å². The number of carbonyl (C=O) groups is 1. The number of carbonyl (C=O) groups excluding carboxylic acids is 1. The predicted octanol–water partition coefficient (Wildman–Crippen LogP) is 1.44. The number of halogens is 3. The molecular formula is C11H13F3N2O2. The SMILES string of the molecule is NCCC(Oc1ccc(C(N)=O)cc1)C(F)(F)F. The summed E-state index contributed by atoms with van der Waals surface area (Å²) in [5, 5.41) is 0. The van der Waals surface area contributed by atoms with Gasteiger partial charge >= 0.3 is 6.18 Å². The first-order valence-corrected chi connectivity index (χ1v) is 5.18. The number of ether oxygens (including phenoxy) is 1. The van der Waals surface area contributed by atoms with Crippen molar-refractivity contribution in [3.8, 4) is 5.75 Å². The van der Waals surface area contributed by atoms with Crippen LogP contribution in [-0.4, -0.2) is 24.7 Å². The Labute approximate surface area is 102 Å². The van der Waals surface area contributed by atoms with Crippen molar-refractivity contribution in [1.82, 2.24) is 0 Å². The fourth-order valence-electron chi connectivity index (χ4n) is 1.30. The van der Waals surface area contributed by atoms with Gasteiger partial charge in [-0.2, -0.15) is 13.2 Å². The molecule has 0 aliphatic carbocycles. The molecule has 1 aromatic rings. The fourth-order valence-corrected chi connectivity index (χ4v) is 1.30. The van der Waals surface area contributed by atoms with Crippen molar-refractivity contribution in [2.45, 2.75) is 18.7 Å². The zero-order valence-corrected chi connectivity index (χ0v) is 9.41. The molecule has 0 saturated heterocycles. The maximum Gasteiger partial charge on any atom is 0.425 e. The van der Waals surface area contributed by atoms with Crippen LogP contribution in [0.25, 0.3) is 0 Å². The summed E-state index contributed by atoms with van der Waals surface area (Å²) in [5.41, 5.74) is 10.3. The molecule has 0 heterocycles. The molecule has 0 radical (unpaired) electrons. The molecule has 1 atom stereocenters. The van der Waals surface area contributed by atoms with Gasteiger partial charge in [-0.25, -0.2) is 0 Å². The first-order valence-electron chi connectivity index (χ1n) is 5.18. The Hall–Kier alpha value is -1.76. The zero-order valence-electron chi connectivity index (χ0n) is 9.41. The minimum Gasteiger partial charge on any atom is -0.481 e. The average molecular weight is 262 g/mol. The van der Waals surface area contributed by atoms with Gasteiger partial charge in [-0.3, -0.25) is 4.79 Å². The summed E-state index contributed by atoms with van der Waals surface area (Å²) in [6.07, 6.45) is -6.77. The van der Waals surface area contributed by atoms with Crippen molar-refractivity contribution in [3.63, 3.8) is 0 Å². The van der Waals surface area contributed by atoms with Crippen LogP contribution >= 0.6 is 0 Å². The number of hydrogen-bond acceptors (Lipinski definition) is 3. The molecule has 0 spiro atoms.